The van der Waals surface area contributed by atoms with E-state index < -0.39 is 9.84 Å². The van der Waals surface area contributed by atoms with Gasteiger partial charge in [-0.15, -0.1) is 0 Å². The Morgan fingerprint density at radius 1 is 1.00 bits per heavy atom. The Bertz CT molecular complexity index is 529. The number of carbonyl (C=O) groups excluding carboxylic acids is 1. The lowest BCUT2D eigenvalue weighted by Gasteiger charge is -2.41. The second-order valence-corrected chi connectivity index (χ2v) is 9.77. The minimum Gasteiger partial charge on any atom is -0.381 e. The van der Waals surface area contributed by atoms with E-state index in [1.165, 1.54) is 0 Å². The first-order valence-electron chi connectivity index (χ1n) is 9.24. The van der Waals surface area contributed by atoms with E-state index in [1.54, 1.807) is 7.11 Å². The Kier molecular flexibility index (Phi) is 5.82. The molecule has 1 amide bonds. The molecule has 0 spiro atoms. The number of piperidine rings is 1. The van der Waals surface area contributed by atoms with Gasteiger partial charge >= 0.3 is 0 Å². The molecule has 0 bridgehead atoms. The Hall–Kier alpha value is -0.660. The predicted octanol–water partition coefficient (Wildman–Crippen LogP) is 0.913. The molecular formula is C17H30N2O4S. The zero-order valence-corrected chi connectivity index (χ0v) is 15.5. The first-order valence-corrected chi connectivity index (χ1v) is 11.1. The summed E-state index contributed by atoms with van der Waals surface area (Å²) in [5.74, 6) is 0.996. The van der Waals surface area contributed by atoms with Crippen molar-refractivity contribution >= 4 is 15.7 Å². The summed E-state index contributed by atoms with van der Waals surface area (Å²) in [6.45, 7) is 2.92. The SMILES string of the molecule is COC1CCCC(C(=O)N2CCC(N3CCS(=O)(=O)CC3)CC2)C1. The van der Waals surface area contributed by atoms with E-state index in [-0.39, 0.29) is 23.5 Å². The van der Waals surface area contributed by atoms with Crippen molar-refractivity contribution in [1.29, 1.82) is 0 Å². The quantitative estimate of drug-likeness (QED) is 0.750. The molecule has 2 aliphatic heterocycles. The lowest BCUT2D eigenvalue weighted by Crippen LogP contribution is -2.52. The highest BCUT2D eigenvalue weighted by molar-refractivity contribution is 7.91. The van der Waals surface area contributed by atoms with Gasteiger partial charge in [-0.2, -0.15) is 0 Å². The molecule has 0 radical (unpaired) electrons. The summed E-state index contributed by atoms with van der Waals surface area (Å²) >= 11 is 0. The number of rotatable bonds is 3. The fourth-order valence-corrected chi connectivity index (χ4v) is 5.61. The highest BCUT2D eigenvalue weighted by atomic mass is 32.2. The third-order valence-electron chi connectivity index (χ3n) is 5.98. The van der Waals surface area contributed by atoms with Crippen LogP contribution in [0.15, 0.2) is 0 Å². The second-order valence-electron chi connectivity index (χ2n) is 7.47. The van der Waals surface area contributed by atoms with E-state index in [2.05, 4.69) is 4.90 Å². The fourth-order valence-electron chi connectivity index (χ4n) is 4.38. The fraction of sp³-hybridized carbons (Fsp3) is 0.941. The van der Waals surface area contributed by atoms with Gasteiger partial charge in [-0.25, -0.2) is 8.42 Å². The van der Waals surface area contributed by atoms with Crippen LogP contribution in [0.3, 0.4) is 0 Å². The predicted molar refractivity (Wildman–Crippen MR) is 92.6 cm³/mol. The lowest BCUT2D eigenvalue weighted by atomic mass is 9.85. The van der Waals surface area contributed by atoms with E-state index in [0.29, 0.717) is 25.0 Å². The van der Waals surface area contributed by atoms with E-state index in [4.69, 9.17) is 4.74 Å². The normalized spacial score (nSPS) is 32.6. The zero-order valence-electron chi connectivity index (χ0n) is 14.7. The minimum atomic E-state index is -2.82. The van der Waals surface area contributed by atoms with Gasteiger partial charge in [0.1, 0.15) is 0 Å². The number of ether oxygens (including phenoxy) is 1. The Morgan fingerprint density at radius 3 is 2.29 bits per heavy atom. The largest absolute Gasteiger partial charge is 0.381 e. The van der Waals surface area contributed by atoms with Crippen molar-refractivity contribution in [1.82, 2.24) is 9.80 Å². The summed E-state index contributed by atoms with van der Waals surface area (Å²) in [4.78, 5) is 17.1. The van der Waals surface area contributed by atoms with Crippen LogP contribution in [-0.4, -0.2) is 81.1 Å². The molecule has 1 aliphatic carbocycles. The maximum atomic E-state index is 12.8. The Balaban J connectivity index is 1.47. The molecule has 24 heavy (non-hydrogen) atoms. The molecule has 3 aliphatic rings. The second kappa shape index (κ2) is 7.70. The Labute approximate surface area is 145 Å². The summed E-state index contributed by atoms with van der Waals surface area (Å²) in [7, 11) is -1.08. The minimum absolute atomic E-state index is 0.125. The lowest BCUT2D eigenvalue weighted by molar-refractivity contribution is -0.139. The standard InChI is InChI=1S/C17H30N2O4S/c1-23-16-4-2-3-14(13-16)17(20)19-7-5-15(6-8-19)18-9-11-24(21,22)12-10-18/h14-16H,2-13H2,1H3. The smallest absolute Gasteiger partial charge is 0.225 e. The van der Waals surface area contributed by atoms with Gasteiger partial charge in [-0.1, -0.05) is 6.42 Å². The Morgan fingerprint density at radius 2 is 1.67 bits per heavy atom. The number of methoxy groups -OCH3 is 1. The molecule has 0 aromatic heterocycles. The topological polar surface area (TPSA) is 66.9 Å². The van der Waals surface area contributed by atoms with E-state index in [1.807, 2.05) is 4.90 Å². The van der Waals surface area contributed by atoms with E-state index in [9.17, 15) is 13.2 Å². The summed E-state index contributed by atoms with van der Waals surface area (Å²) in [5.41, 5.74) is 0. The molecule has 1 saturated carbocycles. The molecule has 3 fully saturated rings. The van der Waals surface area contributed by atoms with Gasteiger partial charge in [-0.05, 0) is 32.1 Å². The van der Waals surface area contributed by atoms with Crippen LogP contribution < -0.4 is 0 Å². The first kappa shape index (κ1) is 18.1. The van der Waals surface area contributed by atoms with Crippen molar-refractivity contribution in [3.63, 3.8) is 0 Å². The molecular weight excluding hydrogens is 328 g/mol. The number of sulfone groups is 1. The summed E-state index contributed by atoms with van der Waals surface area (Å²) in [6.07, 6.45) is 6.16. The third-order valence-corrected chi connectivity index (χ3v) is 7.59. The molecule has 2 saturated heterocycles. The summed E-state index contributed by atoms with van der Waals surface area (Å²) in [5, 5.41) is 0. The number of hydrogen-bond donors (Lipinski definition) is 0. The van der Waals surface area contributed by atoms with Crippen molar-refractivity contribution in [2.75, 3.05) is 44.8 Å². The highest BCUT2D eigenvalue weighted by Gasteiger charge is 2.34. The van der Waals surface area contributed by atoms with Crippen LogP contribution >= 0.6 is 0 Å². The van der Waals surface area contributed by atoms with Crippen molar-refractivity contribution < 1.29 is 17.9 Å². The van der Waals surface area contributed by atoms with E-state index in [0.717, 1.165) is 51.6 Å². The molecule has 6 nitrogen and oxygen atoms in total. The van der Waals surface area contributed by atoms with Crippen LogP contribution in [0.1, 0.15) is 38.5 Å². The van der Waals surface area contributed by atoms with Gasteiger partial charge in [0.2, 0.25) is 5.91 Å². The highest BCUT2D eigenvalue weighted by Crippen LogP contribution is 2.29. The third kappa shape index (κ3) is 4.29. The number of hydrogen-bond acceptors (Lipinski definition) is 5. The molecule has 0 N–H and O–H groups in total. The van der Waals surface area contributed by atoms with E-state index >= 15 is 0 Å². The van der Waals surface area contributed by atoms with Crippen LogP contribution in [0.2, 0.25) is 0 Å². The van der Waals surface area contributed by atoms with Crippen LogP contribution in [-0.2, 0) is 19.4 Å². The monoisotopic (exact) mass is 358 g/mol. The molecule has 3 rings (SSSR count). The number of likely N-dealkylation sites (tertiary alicyclic amines) is 1. The zero-order chi connectivity index (χ0) is 17.2. The van der Waals surface area contributed by atoms with Gasteiger partial charge in [0, 0.05) is 45.2 Å². The number of carbonyl (C=O) groups is 1. The van der Waals surface area contributed by atoms with Crippen LogP contribution in [0.4, 0.5) is 0 Å². The molecule has 2 heterocycles. The van der Waals surface area contributed by atoms with Crippen molar-refractivity contribution in [2.45, 2.75) is 50.7 Å². The number of nitrogens with zero attached hydrogens (tertiary/aromatic N) is 2. The van der Waals surface area contributed by atoms with Crippen molar-refractivity contribution in [2.24, 2.45) is 5.92 Å². The van der Waals surface area contributed by atoms with Gasteiger partial charge < -0.3 is 9.64 Å². The van der Waals surface area contributed by atoms with Crippen LogP contribution in [0, 0.1) is 5.92 Å². The van der Waals surface area contributed by atoms with Gasteiger partial charge in [0.05, 0.1) is 17.6 Å². The number of amides is 1. The molecule has 7 heteroatoms. The van der Waals surface area contributed by atoms with Gasteiger partial charge in [-0.3, -0.25) is 9.69 Å². The molecule has 2 unspecified atom stereocenters. The summed E-state index contributed by atoms with van der Waals surface area (Å²) in [6, 6.07) is 0.433. The van der Waals surface area contributed by atoms with Gasteiger partial charge in [0.25, 0.3) is 0 Å². The maximum Gasteiger partial charge on any atom is 0.225 e. The van der Waals surface area contributed by atoms with Crippen molar-refractivity contribution in [3.8, 4) is 0 Å². The first-order chi connectivity index (χ1) is 11.5. The maximum absolute atomic E-state index is 12.8. The molecule has 138 valence electrons. The van der Waals surface area contributed by atoms with Gasteiger partial charge in [0.15, 0.2) is 9.84 Å². The average Bonchev–Trinajstić information content (AvgIpc) is 2.61. The van der Waals surface area contributed by atoms with Crippen LogP contribution in [0.5, 0.6) is 0 Å². The van der Waals surface area contributed by atoms with Crippen LogP contribution in [0.25, 0.3) is 0 Å². The molecule has 0 aromatic rings. The average molecular weight is 359 g/mol. The van der Waals surface area contributed by atoms with Crippen molar-refractivity contribution in [3.05, 3.63) is 0 Å². The molecule has 2 atom stereocenters. The summed E-state index contributed by atoms with van der Waals surface area (Å²) < 4.78 is 28.6. The molecule has 0 aromatic carbocycles.